The Balaban J connectivity index is 1.50. The molecule has 0 aromatic heterocycles. The van der Waals surface area contributed by atoms with Crippen molar-refractivity contribution in [1.82, 2.24) is 10.2 Å². The molecular formula is C26H28FN3O4S. The van der Waals surface area contributed by atoms with E-state index in [4.69, 9.17) is 0 Å². The summed E-state index contributed by atoms with van der Waals surface area (Å²) in [6.45, 7) is 3.85. The van der Waals surface area contributed by atoms with Gasteiger partial charge in [0.2, 0.25) is 11.8 Å². The second kappa shape index (κ2) is 10.0. The summed E-state index contributed by atoms with van der Waals surface area (Å²) >= 11 is 0. The standard InChI is InChI=1S/C26H28FN3O4S/c1-3-28-26(32)18(2)29(17-20-9-4-5-12-21(20)27)24(31)15-8-16-30-22-13-6-10-19-11-7-14-23(25(19)22)35(30,33)34/h4-7,9-14,18H,3,8,15-17H2,1-2H3,(H,28,32)/t18-/m0/s1. The number of benzene rings is 3. The maximum absolute atomic E-state index is 14.3. The van der Waals surface area contributed by atoms with Gasteiger partial charge in [-0.3, -0.25) is 13.9 Å². The lowest BCUT2D eigenvalue weighted by Gasteiger charge is -2.29. The third-order valence-electron chi connectivity index (χ3n) is 6.25. The van der Waals surface area contributed by atoms with Gasteiger partial charge in [0, 0.05) is 37.0 Å². The van der Waals surface area contributed by atoms with Crippen LogP contribution in [0.25, 0.3) is 10.8 Å². The van der Waals surface area contributed by atoms with Crippen molar-refractivity contribution in [2.75, 3.05) is 17.4 Å². The number of sulfonamides is 1. The van der Waals surface area contributed by atoms with Crippen LogP contribution >= 0.6 is 0 Å². The van der Waals surface area contributed by atoms with Crippen LogP contribution in [0.3, 0.4) is 0 Å². The molecule has 3 aromatic carbocycles. The maximum atomic E-state index is 14.3. The Morgan fingerprint density at radius 1 is 1.06 bits per heavy atom. The number of hydrogen-bond acceptors (Lipinski definition) is 4. The number of carbonyl (C=O) groups excluding carboxylic acids is 2. The molecule has 9 heteroatoms. The smallest absolute Gasteiger partial charge is 0.265 e. The molecule has 0 fully saturated rings. The van der Waals surface area contributed by atoms with Crippen molar-refractivity contribution in [2.45, 2.75) is 44.2 Å². The predicted octanol–water partition coefficient (Wildman–Crippen LogP) is 3.82. The average molecular weight is 498 g/mol. The molecule has 1 aliphatic rings. The highest BCUT2D eigenvalue weighted by Gasteiger charge is 2.35. The normalized spacial score (nSPS) is 14.7. The Labute approximate surface area is 204 Å². The van der Waals surface area contributed by atoms with Crippen molar-refractivity contribution in [3.05, 3.63) is 72.0 Å². The molecule has 7 nitrogen and oxygen atoms in total. The van der Waals surface area contributed by atoms with Crippen LogP contribution in [0, 0.1) is 5.82 Å². The van der Waals surface area contributed by atoms with Gasteiger partial charge < -0.3 is 10.2 Å². The molecule has 1 N–H and O–H groups in total. The molecule has 0 saturated carbocycles. The average Bonchev–Trinajstić information content (AvgIpc) is 3.06. The summed E-state index contributed by atoms with van der Waals surface area (Å²) in [6, 6.07) is 15.9. The Kier molecular flexibility index (Phi) is 7.07. The second-order valence-electron chi connectivity index (χ2n) is 8.50. The molecule has 2 amide bonds. The SMILES string of the molecule is CCNC(=O)[C@H](C)N(Cc1ccccc1F)C(=O)CCCN1c2cccc3cccc(c23)S1(=O)=O. The fourth-order valence-corrected chi connectivity index (χ4v) is 6.18. The van der Waals surface area contributed by atoms with E-state index in [2.05, 4.69) is 5.32 Å². The Morgan fingerprint density at radius 2 is 1.77 bits per heavy atom. The number of hydrogen-bond donors (Lipinski definition) is 1. The van der Waals surface area contributed by atoms with E-state index in [-0.39, 0.29) is 42.6 Å². The van der Waals surface area contributed by atoms with Crippen molar-refractivity contribution < 1.29 is 22.4 Å². The Bertz CT molecular complexity index is 1370. The number of anilines is 1. The summed E-state index contributed by atoms with van der Waals surface area (Å²) in [5.41, 5.74) is 0.908. The van der Waals surface area contributed by atoms with Crippen LogP contribution in [-0.2, 0) is 26.2 Å². The Hall–Kier alpha value is -3.46. The monoisotopic (exact) mass is 497 g/mol. The van der Waals surface area contributed by atoms with Crippen LogP contribution in [0.15, 0.2) is 65.6 Å². The lowest BCUT2D eigenvalue weighted by Crippen LogP contribution is -2.47. The zero-order valence-electron chi connectivity index (χ0n) is 19.7. The van der Waals surface area contributed by atoms with E-state index in [0.717, 1.165) is 5.39 Å². The summed E-state index contributed by atoms with van der Waals surface area (Å²) in [4.78, 5) is 27.3. The first-order valence-electron chi connectivity index (χ1n) is 11.6. The van der Waals surface area contributed by atoms with Crippen LogP contribution in [0.1, 0.15) is 32.3 Å². The molecule has 0 saturated heterocycles. The van der Waals surface area contributed by atoms with Gasteiger partial charge in [0.25, 0.3) is 10.0 Å². The van der Waals surface area contributed by atoms with E-state index < -0.39 is 21.9 Å². The first-order valence-corrected chi connectivity index (χ1v) is 13.0. The van der Waals surface area contributed by atoms with E-state index in [1.165, 1.54) is 15.3 Å². The maximum Gasteiger partial charge on any atom is 0.265 e. The summed E-state index contributed by atoms with van der Waals surface area (Å²) in [6.07, 6.45) is 0.259. The highest BCUT2D eigenvalue weighted by atomic mass is 32.2. The molecule has 4 rings (SSSR count). The molecule has 35 heavy (non-hydrogen) atoms. The third-order valence-corrected chi connectivity index (χ3v) is 8.11. The molecular weight excluding hydrogens is 469 g/mol. The summed E-state index contributed by atoms with van der Waals surface area (Å²) in [5, 5.41) is 4.23. The predicted molar refractivity (Wildman–Crippen MR) is 133 cm³/mol. The molecule has 0 radical (unpaired) electrons. The minimum Gasteiger partial charge on any atom is -0.355 e. The number of carbonyl (C=O) groups is 2. The highest BCUT2D eigenvalue weighted by Crippen LogP contribution is 2.42. The zero-order valence-corrected chi connectivity index (χ0v) is 20.5. The molecule has 1 heterocycles. The van der Waals surface area contributed by atoms with Gasteiger partial charge in [-0.2, -0.15) is 0 Å². The number of amides is 2. The topological polar surface area (TPSA) is 86.8 Å². The van der Waals surface area contributed by atoms with Crippen LogP contribution in [-0.4, -0.2) is 44.3 Å². The first kappa shape index (κ1) is 24.7. The van der Waals surface area contributed by atoms with Crippen molar-refractivity contribution >= 4 is 38.3 Å². The van der Waals surface area contributed by atoms with Crippen molar-refractivity contribution in [3.63, 3.8) is 0 Å². The molecule has 1 aliphatic heterocycles. The molecule has 0 aliphatic carbocycles. The van der Waals surface area contributed by atoms with Crippen molar-refractivity contribution in [3.8, 4) is 0 Å². The van der Waals surface area contributed by atoms with Crippen LogP contribution in [0.4, 0.5) is 10.1 Å². The van der Waals surface area contributed by atoms with Gasteiger partial charge in [-0.1, -0.05) is 42.5 Å². The highest BCUT2D eigenvalue weighted by molar-refractivity contribution is 7.93. The van der Waals surface area contributed by atoms with Gasteiger partial charge in [-0.05, 0) is 43.9 Å². The minimum absolute atomic E-state index is 0.0105. The molecule has 0 spiro atoms. The molecule has 184 valence electrons. The number of halogens is 1. The molecule has 0 unspecified atom stereocenters. The largest absolute Gasteiger partial charge is 0.355 e. The second-order valence-corrected chi connectivity index (χ2v) is 10.3. The summed E-state index contributed by atoms with van der Waals surface area (Å²) < 4.78 is 42.0. The van der Waals surface area contributed by atoms with Gasteiger partial charge in [0.05, 0.1) is 10.6 Å². The number of nitrogens with one attached hydrogen (secondary N) is 1. The van der Waals surface area contributed by atoms with E-state index in [9.17, 15) is 22.4 Å². The molecule has 0 bridgehead atoms. The summed E-state index contributed by atoms with van der Waals surface area (Å²) in [5.74, 6) is -1.14. The molecule has 1 atom stereocenters. The fourth-order valence-electron chi connectivity index (χ4n) is 4.43. The van der Waals surface area contributed by atoms with Gasteiger partial charge in [-0.25, -0.2) is 12.8 Å². The van der Waals surface area contributed by atoms with E-state index in [1.807, 2.05) is 18.2 Å². The quantitative estimate of drug-likeness (QED) is 0.487. The summed E-state index contributed by atoms with van der Waals surface area (Å²) in [7, 11) is -3.71. The Morgan fingerprint density at radius 3 is 2.49 bits per heavy atom. The van der Waals surface area contributed by atoms with Crippen LogP contribution in [0.2, 0.25) is 0 Å². The van der Waals surface area contributed by atoms with Crippen LogP contribution < -0.4 is 9.62 Å². The third kappa shape index (κ3) is 4.73. The number of nitrogens with zero attached hydrogens (tertiary/aromatic N) is 2. The van der Waals surface area contributed by atoms with E-state index in [0.29, 0.717) is 23.2 Å². The lowest BCUT2D eigenvalue weighted by molar-refractivity contribution is -0.140. The van der Waals surface area contributed by atoms with E-state index in [1.54, 1.807) is 50.2 Å². The van der Waals surface area contributed by atoms with Gasteiger partial charge >= 0.3 is 0 Å². The molecule has 3 aromatic rings. The minimum atomic E-state index is -3.71. The lowest BCUT2D eigenvalue weighted by atomic mass is 10.1. The fraction of sp³-hybridized carbons (Fsp3) is 0.308. The van der Waals surface area contributed by atoms with E-state index >= 15 is 0 Å². The zero-order chi connectivity index (χ0) is 25.2. The van der Waals surface area contributed by atoms with Crippen LogP contribution in [0.5, 0.6) is 0 Å². The van der Waals surface area contributed by atoms with Crippen molar-refractivity contribution in [2.24, 2.45) is 0 Å². The van der Waals surface area contributed by atoms with Crippen molar-refractivity contribution in [1.29, 1.82) is 0 Å². The first-order chi connectivity index (χ1) is 16.8. The van der Waals surface area contributed by atoms with Gasteiger partial charge in [-0.15, -0.1) is 0 Å². The number of rotatable bonds is 9. The number of likely N-dealkylation sites (N-methyl/N-ethyl adjacent to an activating group) is 1. The van der Waals surface area contributed by atoms with Gasteiger partial charge in [0.1, 0.15) is 11.9 Å². The van der Waals surface area contributed by atoms with Gasteiger partial charge in [0.15, 0.2) is 0 Å².